The second kappa shape index (κ2) is 13.2. The lowest BCUT2D eigenvalue weighted by atomic mass is 9.87. The molecule has 2 heterocycles. The number of aliphatic carboxylic acids is 1. The van der Waals surface area contributed by atoms with Gasteiger partial charge >= 0.3 is 13.6 Å². The topological polar surface area (TPSA) is 166 Å². The van der Waals surface area contributed by atoms with Gasteiger partial charge in [0.05, 0.1) is 42.6 Å². The van der Waals surface area contributed by atoms with Gasteiger partial charge in [-0.3, -0.25) is 18.9 Å². The smallest absolute Gasteiger partial charge is 0.333 e. The van der Waals surface area contributed by atoms with Crippen LogP contribution in [0.4, 0.5) is 4.39 Å². The van der Waals surface area contributed by atoms with Crippen molar-refractivity contribution in [2.75, 3.05) is 33.6 Å². The highest BCUT2D eigenvalue weighted by Crippen LogP contribution is 2.42. The van der Waals surface area contributed by atoms with Crippen LogP contribution in [-0.2, 0) is 9.36 Å². The molecule has 0 fully saturated rings. The molecule has 2 aromatic carbocycles. The number of hydrogen-bond donors (Lipinski definition) is 3. The fourth-order valence-corrected chi connectivity index (χ4v) is 6.91. The van der Waals surface area contributed by atoms with Crippen molar-refractivity contribution < 1.29 is 57.2 Å². The number of hydrogen-bond acceptors (Lipinski definition) is 10. The van der Waals surface area contributed by atoms with E-state index in [9.17, 15) is 24.1 Å². The summed E-state index contributed by atoms with van der Waals surface area (Å²) in [5, 5.41) is 10.1. The van der Waals surface area contributed by atoms with Gasteiger partial charge in [0.1, 0.15) is 6.16 Å². The molecule has 15 heteroatoms. The number of carboxylic acids is 1. The largest absolute Gasteiger partial charge is 0.493 e. The lowest BCUT2D eigenvalue weighted by Crippen LogP contribution is -2.26. The molecule has 236 valence electrons. The van der Waals surface area contributed by atoms with E-state index in [1.807, 2.05) is 0 Å². The molecule has 44 heavy (non-hydrogen) atoms. The summed E-state index contributed by atoms with van der Waals surface area (Å²) in [4.78, 5) is 55.1. The Morgan fingerprint density at radius 1 is 0.864 bits per heavy atom. The van der Waals surface area contributed by atoms with E-state index in [4.69, 9.17) is 28.7 Å². The molecule has 0 saturated heterocycles. The molecule has 0 bridgehead atoms. The number of carboxylic acid groups (broad SMARTS) is 1. The normalized spacial score (nSPS) is 12.0. The number of fused-ring (bicyclic) bond motifs is 2. The maximum Gasteiger partial charge on any atom is 0.333 e. The number of carbonyl (C=O) groups is 3. The van der Waals surface area contributed by atoms with E-state index in [1.54, 1.807) is 18.2 Å². The van der Waals surface area contributed by atoms with Crippen molar-refractivity contribution in [3.8, 4) is 23.0 Å². The van der Waals surface area contributed by atoms with Gasteiger partial charge in [-0.15, -0.1) is 22.7 Å². The van der Waals surface area contributed by atoms with Gasteiger partial charge in [-0.05, 0) is 37.4 Å². The predicted molar refractivity (Wildman–Crippen MR) is 164 cm³/mol. The van der Waals surface area contributed by atoms with Gasteiger partial charge in [0.15, 0.2) is 40.4 Å². The number of carbonyl (C=O) groups excluding carboxylic acids is 2. The first-order valence-corrected chi connectivity index (χ1v) is 16.6. The van der Waals surface area contributed by atoms with Crippen molar-refractivity contribution >= 4 is 68.0 Å². The third-order valence-electron chi connectivity index (χ3n) is 6.58. The Morgan fingerprint density at radius 3 is 2.11 bits per heavy atom. The average Bonchev–Trinajstić information content (AvgIpc) is 3.56. The van der Waals surface area contributed by atoms with E-state index >= 15 is 4.39 Å². The van der Waals surface area contributed by atoms with Gasteiger partial charge in [0, 0.05) is 39.8 Å². The first kappa shape index (κ1) is 33.3. The third kappa shape index (κ3) is 7.56. The fraction of sp³-hybridized carbons (Fsp3) is 0.345. The highest BCUT2D eigenvalue weighted by molar-refractivity contribution is 7.53. The van der Waals surface area contributed by atoms with Gasteiger partial charge in [0.25, 0.3) is 0 Å². The third-order valence-corrected chi connectivity index (χ3v) is 9.54. The molecule has 3 N–H and O–H groups in total. The molecule has 0 atom stereocenters. The van der Waals surface area contributed by atoms with E-state index in [1.165, 1.54) is 40.2 Å². The molecule has 0 saturated carbocycles. The molecule has 4 aromatic rings. The van der Waals surface area contributed by atoms with Crippen molar-refractivity contribution in [3.63, 3.8) is 0 Å². The first-order chi connectivity index (χ1) is 20.6. The van der Waals surface area contributed by atoms with E-state index in [-0.39, 0.29) is 46.3 Å². The van der Waals surface area contributed by atoms with Crippen molar-refractivity contribution in [2.24, 2.45) is 5.41 Å². The summed E-state index contributed by atoms with van der Waals surface area (Å²) in [5.74, 6) is -2.11. The van der Waals surface area contributed by atoms with Crippen LogP contribution in [0.1, 0.15) is 46.0 Å². The summed E-state index contributed by atoms with van der Waals surface area (Å²) in [6.07, 6.45) is -0.790. The van der Waals surface area contributed by atoms with Crippen LogP contribution in [0.3, 0.4) is 0 Å². The van der Waals surface area contributed by atoms with Gasteiger partial charge in [-0.2, -0.15) is 0 Å². The summed E-state index contributed by atoms with van der Waals surface area (Å²) >= 11 is 2.14. The SMILES string of the molecule is COc1cc2sc(C(=O)CP(=O)(O)O)cc2cc1OCCCOc1c(OC)cc2sc(C(=O)CC(C)(C)C(=O)O)cc2c1F. The Morgan fingerprint density at radius 2 is 1.48 bits per heavy atom. The molecule has 11 nitrogen and oxygen atoms in total. The molecule has 2 aromatic heterocycles. The molecule has 0 amide bonds. The molecular weight excluding hydrogens is 638 g/mol. The molecular formula is C29H30FO11PS2. The van der Waals surface area contributed by atoms with Gasteiger partial charge in [-0.25, -0.2) is 4.39 Å². The van der Waals surface area contributed by atoms with E-state index in [0.717, 1.165) is 22.7 Å². The molecule has 0 aliphatic heterocycles. The Kier molecular flexibility index (Phi) is 10.0. The minimum absolute atomic E-state index is 0.0472. The summed E-state index contributed by atoms with van der Waals surface area (Å²) in [7, 11) is -1.68. The lowest BCUT2D eigenvalue weighted by Gasteiger charge is -2.16. The summed E-state index contributed by atoms with van der Waals surface area (Å²) < 4.78 is 50.1. The Bertz CT molecular complexity index is 1790. The minimum Gasteiger partial charge on any atom is -0.493 e. The van der Waals surface area contributed by atoms with Gasteiger partial charge < -0.3 is 33.8 Å². The van der Waals surface area contributed by atoms with E-state index < -0.39 is 42.5 Å². The lowest BCUT2D eigenvalue weighted by molar-refractivity contribution is -0.146. The number of methoxy groups -OCH3 is 2. The zero-order valence-corrected chi connectivity index (χ0v) is 26.7. The average molecular weight is 669 g/mol. The van der Waals surface area contributed by atoms with Gasteiger partial charge in [0.2, 0.25) is 0 Å². The number of ketones is 2. The van der Waals surface area contributed by atoms with Crippen LogP contribution >= 0.6 is 30.3 Å². The number of thiophene rings is 2. The summed E-state index contributed by atoms with van der Waals surface area (Å²) in [5.41, 5.74) is -1.27. The van der Waals surface area contributed by atoms with Crippen LogP contribution in [0.2, 0.25) is 0 Å². The second-order valence-electron chi connectivity index (χ2n) is 10.5. The predicted octanol–water partition coefficient (Wildman–Crippen LogP) is 6.16. The molecule has 0 aliphatic carbocycles. The first-order valence-electron chi connectivity index (χ1n) is 13.1. The summed E-state index contributed by atoms with van der Waals surface area (Å²) in [6.45, 7) is 3.10. The van der Waals surface area contributed by atoms with Crippen LogP contribution in [0.25, 0.3) is 20.2 Å². The van der Waals surface area contributed by atoms with E-state index in [0.29, 0.717) is 32.7 Å². The van der Waals surface area contributed by atoms with Crippen LogP contribution in [-0.4, -0.2) is 66.0 Å². The fourth-order valence-electron chi connectivity index (χ4n) is 4.22. The molecule has 4 rings (SSSR count). The minimum atomic E-state index is -4.50. The zero-order valence-electron chi connectivity index (χ0n) is 24.2. The van der Waals surface area contributed by atoms with Crippen molar-refractivity contribution in [1.29, 1.82) is 0 Å². The standard InChI is InChI=1S/C29H30FO11PS2/c1-29(2,28(33)34)13-17(31)25-10-16-23(44-25)12-21(39-4)27(26(16)30)41-7-5-6-40-20-8-15-9-24(18(32)14-42(35,36)37)43-22(15)11-19(20)38-3/h8-12H,5-7,13-14H2,1-4H3,(H,33,34)(H2,35,36,37). The highest BCUT2D eigenvalue weighted by Gasteiger charge is 2.31. The second-order valence-corrected chi connectivity index (χ2v) is 14.3. The van der Waals surface area contributed by atoms with Crippen LogP contribution in [0, 0.1) is 11.2 Å². The zero-order chi connectivity index (χ0) is 32.4. The summed E-state index contributed by atoms with van der Waals surface area (Å²) in [6, 6.07) is 7.81. The Hall–Kier alpha value is -3.55. The highest BCUT2D eigenvalue weighted by atomic mass is 32.1. The van der Waals surface area contributed by atoms with Crippen molar-refractivity contribution in [3.05, 3.63) is 45.9 Å². The van der Waals surface area contributed by atoms with Crippen LogP contribution in [0.5, 0.6) is 23.0 Å². The quantitative estimate of drug-likeness (QED) is 0.0754. The van der Waals surface area contributed by atoms with E-state index in [2.05, 4.69) is 0 Å². The van der Waals surface area contributed by atoms with Gasteiger partial charge in [-0.1, -0.05) is 0 Å². The van der Waals surface area contributed by atoms with Crippen molar-refractivity contribution in [2.45, 2.75) is 26.7 Å². The van der Waals surface area contributed by atoms with Crippen LogP contribution < -0.4 is 18.9 Å². The number of ether oxygens (including phenoxy) is 4. The number of halogens is 1. The molecule has 0 unspecified atom stereocenters. The van der Waals surface area contributed by atoms with Crippen LogP contribution in [0.15, 0.2) is 30.3 Å². The molecule has 0 aliphatic rings. The molecule has 0 radical (unpaired) electrons. The van der Waals surface area contributed by atoms with Crippen molar-refractivity contribution in [1.82, 2.24) is 0 Å². The Balaban J connectivity index is 1.43. The Labute approximate surface area is 259 Å². The number of rotatable bonds is 15. The number of Topliss-reactive ketones (excluding diaryl/α,β-unsaturated/α-hetero) is 2. The molecule has 0 spiro atoms. The maximum atomic E-state index is 15.5. The monoisotopic (exact) mass is 668 g/mol. The number of benzene rings is 2. The maximum absolute atomic E-state index is 15.5.